The molecule has 0 aliphatic carbocycles. The second-order valence-electron chi connectivity index (χ2n) is 18.8. The van der Waals surface area contributed by atoms with E-state index in [2.05, 4.69) is 243 Å². The SMILES string of the molecule is Bc1cc(-c2cc3c4ccccc4n(-c4ccccc4)c3cc2-c2ccc(-c3ccccn3)cc2C)cc(-c2cc3c4ccccc4n(-c4ccccc4)c3cc2-c2ccc(-c3ccccn3)cc2C)c1. The Morgan fingerprint density at radius 1 is 0.310 bits per heavy atom. The van der Waals surface area contributed by atoms with Crippen LogP contribution in [0.15, 0.2) is 237 Å². The summed E-state index contributed by atoms with van der Waals surface area (Å²) >= 11 is 0. The molecule has 4 aromatic heterocycles. The molecule has 0 unspecified atom stereocenters. The van der Waals surface area contributed by atoms with Gasteiger partial charge in [-0.1, -0.05) is 127 Å². The van der Waals surface area contributed by atoms with Crippen molar-refractivity contribution < 1.29 is 0 Å². The van der Waals surface area contributed by atoms with Crippen LogP contribution in [0.1, 0.15) is 11.1 Å². The van der Waals surface area contributed by atoms with E-state index in [1.165, 1.54) is 105 Å². The summed E-state index contributed by atoms with van der Waals surface area (Å²) in [6.07, 6.45) is 3.73. The van der Waals surface area contributed by atoms with E-state index >= 15 is 0 Å². The van der Waals surface area contributed by atoms with Gasteiger partial charge in [0.05, 0.1) is 33.5 Å². The molecule has 0 saturated heterocycles. The minimum absolute atomic E-state index is 0.964. The van der Waals surface area contributed by atoms with E-state index in [1.807, 2.05) is 24.5 Å². The summed E-state index contributed by atoms with van der Waals surface area (Å²) in [7, 11) is 2.24. The lowest BCUT2D eigenvalue weighted by atomic mass is 9.83. The minimum Gasteiger partial charge on any atom is -0.309 e. The Morgan fingerprint density at radius 3 is 1.15 bits per heavy atom. The number of fused-ring (bicyclic) bond motifs is 6. The van der Waals surface area contributed by atoms with E-state index in [0.717, 1.165) is 33.9 Å². The van der Waals surface area contributed by atoms with Gasteiger partial charge in [0.2, 0.25) is 0 Å². The third-order valence-corrected chi connectivity index (χ3v) is 14.3. The Hall–Kier alpha value is -9.06. The molecule has 0 amide bonds. The Balaban J connectivity index is 1.08. The third-order valence-electron chi connectivity index (χ3n) is 14.3. The highest BCUT2D eigenvalue weighted by atomic mass is 15.0. The normalized spacial score (nSPS) is 11.6. The fraction of sp³-hybridized carbons (Fsp3) is 0.0303. The van der Waals surface area contributed by atoms with Gasteiger partial charge in [-0.25, -0.2) is 0 Å². The van der Waals surface area contributed by atoms with E-state index in [4.69, 9.17) is 9.97 Å². The number of benzene rings is 9. The molecule has 4 nitrogen and oxygen atoms in total. The number of aromatic nitrogens is 4. The van der Waals surface area contributed by atoms with Crippen LogP contribution >= 0.6 is 0 Å². The quantitative estimate of drug-likeness (QED) is 0.142. The van der Waals surface area contributed by atoms with Crippen molar-refractivity contribution in [2.24, 2.45) is 0 Å². The molecule has 4 heterocycles. The van der Waals surface area contributed by atoms with Crippen LogP contribution in [0.5, 0.6) is 0 Å². The zero-order valence-corrected chi connectivity index (χ0v) is 39.8. The van der Waals surface area contributed by atoms with Crippen molar-refractivity contribution in [1.29, 1.82) is 0 Å². The molecular weight excluding hydrogens is 860 g/mol. The first kappa shape index (κ1) is 42.1. The summed E-state index contributed by atoms with van der Waals surface area (Å²) in [6, 6.07) is 81.9. The second kappa shape index (κ2) is 17.2. The van der Waals surface area contributed by atoms with Crippen LogP contribution < -0.4 is 5.46 Å². The number of hydrogen-bond donors (Lipinski definition) is 0. The molecule has 0 radical (unpaired) electrons. The van der Waals surface area contributed by atoms with E-state index in [9.17, 15) is 0 Å². The van der Waals surface area contributed by atoms with Crippen molar-refractivity contribution in [1.82, 2.24) is 19.1 Å². The smallest absolute Gasteiger partial charge is 0.139 e. The highest BCUT2D eigenvalue weighted by Gasteiger charge is 2.22. The van der Waals surface area contributed by atoms with Crippen molar-refractivity contribution in [2.75, 3.05) is 0 Å². The molecule has 13 rings (SSSR count). The summed E-state index contributed by atoms with van der Waals surface area (Å²) in [6.45, 7) is 4.47. The summed E-state index contributed by atoms with van der Waals surface area (Å²) in [5, 5.41) is 4.88. The van der Waals surface area contributed by atoms with Gasteiger partial charge in [-0.05, 0) is 173 Å². The number of rotatable bonds is 8. The van der Waals surface area contributed by atoms with Crippen molar-refractivity contribution in [2.45, 2.75) is 13.8 Å². The van der Waals surface area contributed by atoms with Crippen molar-refractivity contribution in [3.63, 3.8) is 0 Å². The van der Waals surface area contributed by atoms with Gasteiger partial charge in [-0.2, -0.15) is 0 Å². The molecule has 0 atom stereocenters. The van der Waals surface area contributed by atoms with Crippen LogP contribution in [0.25, 0.3) is 122 Å². The molecule has 0 fully saturated rings. The average Bonchev–Trinajstić information content (AvgIpc) is 3.93. The van der Waals surface area contributed by atoms with E-state index in [-0.39, 0.29) is 0 Å². The topological polar surface area (TPSA) is 35.6 Å². The maximum absolute atomic E-state index is 4.71. The first-order valence-electron chi connectivity index (χ1n) is 24.4. The van der Waals surface area contributed by atoms with Crippen LogP contribution in [0.3, 0.4) is 0 Å². The molecular formula is C66H47BN4. The van der Waals surface area contributed by atoms with Gasteiger partial charge in [0.15, 0.2) is 0 Å². The lowest BCUT2D eigenvalue weighted by Gasteiger charge is -2.19. The fourth-order valence-corrected chi connectivity index (χ4v) is 11.1. The van der Waals surface area contributed by atoms with E-state index in [1.54, 1.807) is 0 Å². The van der Waals surface area contributed by atoms with Crippen LogP contribution in [-0.2, 0) is 0 Å². The minimum atomic E-state index is 0.964. The van der Waals surface area contributed by atoms with Crippen molar-refractivity contribution in [3.8, 4) is 78.4 Å². The molecule has 71 heavy (non-hydrogen) atoms. The average molecular weight is 907 g/mol. The zero-order chi connectivity index (χ0) is 47.6. The van der Waals surface area contributed by atoms with Crippen LogP contribution in [-0.4, -0.2) is 26.9 Å². The first-order valence-corrected chi connectivity index (χ1v) is 24.4. The number of para-hydroxylation sites is 4. The summed E-state index contributed by atoms with van der Waals surface area (Å²) in [5.41, 5.74) is 24.1. The molecule has 0 aliphatic heterocycles. The first-order chi connectivity index (χ1) is 34.9. The van der Waals surface area contributed by atoms with Gasteiger partial charge in [0, 0.05) is 56.4 Å². The molecule has 9 aromatic carbocycles. The van der Waals surface area contributed by atoms with Crippen molar-refractivity contribution >= 4 is 56.9 Å². The lowest BCUT2D eigenvalue weighted by molar-refractivity contribution is 1.18. The Labute approximate surface area is 414 Å². The monoisotopic (exact) mass is 906 g/mol. The van der Waals surface area contributed by atoms with Gasteiger partial charge in [-0.3, -0.25) is 9.97 Å². The molecule has 334 valence electrons. The zero-order valence-electron chi connectivity index (χ0n) is 39.8. The predicted octanol–water partition coefficient (Wildman–Crippen LogP) is 15.5. The fourth-order valence-electron chi connectivity index (χ4n) is 11.1. The van der Waals surface area contributed by atoms with Crippen LogP contribution in [0, 0.1) is 13.8 Å². The summed E-state index contributed by atoms with van der Waals surface area (Å²) < 4.78 is 4.85. The Bertz CT molecular complexity index is 3910. The highest BCUT2D eigenvalue weighted by Crippen LogP contribution is 2.46. The van der Waals surface area contributed by atoms with Gasteiger partial charge in [-0.15, -0.1) is 0 Å². The van der Waals surface area contributed by atoms with Gasteiger partial charge in [0.25, 0.3) is 0 Å². The number of nitrogens with zero attached hydrogens (tertiary/aromatic N) is 4. The Morgan fingerprint density at radius 2 is 0.732 bits per heavy atom. The van der Waals surface area contributed by atoms with Gasteiger partial charge >= 0.3 is 0 Å². The maximum atomic E-state index is 4.71. The molecule has 0 bridgehead atoms. The predicted molar refractivity (Wildman–Crippen MR) is 301 cm³/mol. The number of pyridine rings is 2. The summed E-state index contributed by atoms with van der Waals surface area (Å²) in [5.74, 6) is 0. The Kier molecular flexibility index (Phi) is 10.2. The molecule has 5 heteroatoms. The number of aryl methyl sites for hydroxylation is 2. The molecule has 0 saturated carbocycles. The molecule has 0 N–H and O–H groups in total. The maximum Gasteiger partial charge on any atom is 0.139 e. The van der Waals surface area contributed by atoms with E-state index in [0.29, 0.717) is 0 Å². The van der Waals surface area contributed by atoms with Gasteiger partial charge < -0.3 is 9.13 Å². The van der Waals surface area contributed by atoms with Crippen molar-refractivity contribution in [3.05, 3.63) is 248 Å². The molecule has 0 spiro atoms. The molecule has 0 aliphatic rings. The highest BCUT2D eigenvalue weighted by molar-refractivity contribution is 6.33. The standard InChI is InChI=1S/C66H47BN4/c1-42-33-44(61-23-13-15-31-68-61)27-29-51(42)57-40-65-59(53-21-9-11-25-63(53)70(65)49-17-5-3-6-18-49)38-55(57)46-35-47(37-48(67)36-46)56-39-60-54-22-10-12-26-64(54)71(50-19-7-4-8-20-50)66(60)41-58(56)52-30-28-45(34-43(52)2)62-24-14-16-32-69-62/h3-41H,67H2,1-2H3. The largest absolute Gasteiger partial charge is 0.309 e. The summed E-state index contributed by atoms with van der Waals surface area (Å²) in [4.78, 5) is 9.43. The molecule has 13 aromatic rings. The van der Waals surface area contributed by atoms with Crippen LogP contribution in [0.4, 0.5) is 0 Å². The third kappa shape index (κ3) is 7.25. The van der Waals surface area contributed by atoms with E-state index < -0.39 is 0 Å². The van der Waals surface area contributed by atoms with Crippen LogP contribution in [0.2, 0.25) is 0 Å². The van der Waals surface area contributed by atoms with Gasteiger partial charge in [0.1, 0.15) is 7.85 Å². The number of hydrogen-bond acceptors (Lipinski definition) is 2. The second-order valence-corrected chi connectivity index (χ2v) is 18.8. The lowest BCUT2D eigenvalue weighted by Crippen LogP contribution is -2.04.